The van der Waals surface area contributed by atoms with Crippen molar-refractivity contribution >= 4 is 26.8 Å². The maximum Gasteiger partial charge on any atom is 0.306 e. The number of sulfonamides is 1. The number of benzene rings is 3. The number of hydrogen-bond donors (Lipinski definition) is 2. The van der Waals surface area contributed by atoms with Gasteiger partial charge in [-0.15, -0.1) is 0 Å². The fraction of sp³-hybridized carbons (Fsp3) is 0.292. The molecule has 0 unspecified atom stereocenters. The quantitative estimate of drug-likeness (QED) is 0.566. The molecule has 1 aliphatic heterocycles. The number of piperidine rings is 1. The van der Waals surface area contributed by atoms with E-state index in [2.05, 4.69) is 0 Å². The highest BCUT2D eigenvalue weighted by Crippen LogP contribution is 2.35. The van der Waals surface area contributed by atoms with Gasteiger partial charge in [-0.2, -0.15) is 4.31 Å². The first-order valence-electron chi connectivity index (χ1n) is 10.4. The number of carboxylic acids is 1. The van der Waals surface area contributed by atoms with Crippen molar-refractivity contribution in [3.63, 3.8) is 0 Å². The molecule has 0 bridgehead atoms. The Morgan fingerprint density at radius 3 is 2.28 bits per heavy atom. The zero-order chi connectivity index (χ0) is 22.8. The standard InChI is InChI=1S/C24H25NO6S/c26-23(27)11-16-31-21-8-6-20(7-9-21)24(28)12-14-25(15-13-24)32(29,30)22-10-5-18-3-1-2-4-19(18)17-22/h1-10,17,28H,11-16H2,(H,26,27). The van der Waals surface area contributed by atoms with Gasteiger partial charge in [0.2, 0.25) is 10.0 Å². The Balaban J connectivity index is 1.43. The minimum absolute atomic E-state index is 0.0700. The third-order valence-corrected chi connectivity index (χ3v) is 7.78. The molecule has 2 N–H and O–H groups in total. The van der Waals surface area contributed by atoms with E-state index >= 15 is 0 Å². The number of aliphatic carboxylic acids is 1. The van der Waals surface area contributed by atoms with Gasteiger partial charge in [0.15, 0.2) is 0 Å². The summed E-state index contributed by atoms with van der Waals surface area (Å²) in [5, 5.41) is 21.7. The molecule has 168 valence electrons. The van der Waals surface area contributed by atoms with Gasteiger partial charge in [0.1, 0.15) is 5.75 Å². The van der Waals surface area contributed by atoms with Crippen molar-refractivity contribution in [3.8, 4) is 5.75 Å². The lowest BCUT2D eigenvalue weighted by Crippen LogP contribution is -2.45. The largest absolute Gasteiger partial charge is 0.493 e. The fourth-order valence-electron chi connectivity index (χ4n) is 3.98. The first kappa shape index (κ1) is 22.3. The summed E-state index contributed by atoms with van der Waals surface area (Å²) in [4.78, 5) is 10.8. The number of aliphatic hydroxyl groups is 1. The van der Waals surface area contributed by atoms with E-state index in [0.717, 1.165) is 10.8 Å². The van der Waals surface area contributed by atoms with Crippen LogP contribution in [-0.4, -0.2) is 48.6 Å². The van der Waals surface area contributed by atoms with E-state index in [1.54, 1.807) is 36.4 Å². The maximum absolute atomic E-state index is 13.2. The van der Waals surface area contributed by atoms with Gasteiger partial charge >= 0.3 is 5.97 Å². The highest BCUT2D eigenvalue weighted by atomic mass is 32.2. The summed E-state index contributed by atoms with van der Waals surface area (Å²) in [7, 11) is -3.66. The second-order valence-corrected chi connectivity index (χ2v) is 9.90. The summed E-state index contributed by atoms with van der Waals surface area (Å²) >= 11 is 0. The van der Waals surface area contributed by atoms with Crippen LogP contribution in [0.1, 0.15) is 24.8 Å². The summed E-state index contributed by atoms with van der Waals surface area (Å²) in [6, 6.07) is 19.6. The average molecular weight is 456 g/mol. The van der Waals surface area contributed by atoms with E-state index < -0.39 is 21.6 Å². The van der Waals surface area contributed by atoms with E-state index in [0.29, 0.717) is 11.3 Å². The molecule has 1 aliphatic rings. The molecule has 0 spiro atoms. The van der Waals surface area contributed by atoms with Crippen molar-refractivity contribution in [3.05, 3.63) is 72.3 Å². The number of carbonyl (C=O) groups is 1. The van der Waals surface area contributed by atoms with Crippen LogP contribution in [0, 0.1) is 0 Å². The molecule has 4 rings (SSSR count). The third-order valence-electron chi connectivity index (χ3n) is 5.88. The Kier molecular flexibility index (Phi) is 6.19. The van der Waals surface area contributed by atoms with E-state index in [1.807, 2.05) is 30.3 Å². The maximum atomic E-state index is 13.2. The number of nitrogens with zero attached hydrogens (tertiary/aromatic N) is 1. The van der Waals surface area contributed by atoms with Crippen LogP contribution >= 0.6 is 0 Å². The van der Waals surface area contributed by atoms with Gasteiger partial charge < -0.3 is 14.9 Å². The third kappa shape index (κ3) is 4.62. The van der Waals surface area contributed by atoms with Gasteiger partial charge in [-0.1, -0.05) is 42.5 Å². The summed E-state index contributed by atoms with van der Waals surface area (Å²) in [5.41, 5.74) is -0.444. The van der Waals surface area contributed by atoms with Crippen LogP contribution in [-0.2, 0) is 20.4 Å². The van der Waals surface area contributed by atoms with Gasteiger partial charge in [0.05, 0.1) is 23.5 Å². The van der Waals surface area contributed by atoms with Gasteiger partial charge in [-0.25, -0.2) is 8.42 Å². The molecule has 0 atom stereocenters. The van der Waals surface area contributed by atoms with Crippen LogP contribution in [0.4, 0.5) is 0 Å². The molecular weight excluding hydrogens is 430 g/mol. The van der Waals surface area contributed by atoms with E-state index in [4.69, 9.17) is 9.84 Å². The fourth-order valence-corrected chi connectivity index (χ4v) is 5.46. The van der Waals surface area contributed by atoms with Crippen LogP contribution in [0.2, 0.25) is 0 Å². The number of fused-ring (bicyclic) bond motifs is 1. The normalized spacial score (nSPS) is 16.7. The zero-order valence-corrected chi connectivity index (χ0v) is 18.3. The summed E-state index contributed by atoms with van der Waals surface area (Å²) in [6.45, 7) is 0.492. The van der Waals surface area contributed by atoms with Gasteiger partial charge in [-0.05, 0) is 53.4 Å². The molecule has 0 radical (unpaired) electrons. The molecule has 1 fully saturated rings. The Hall–Kier alpha value is -2.94. The Bertz CT molecular complexity index is 1210. The van der Waals surface area contributed by atoms with Gasteiger partial charge in [0, 0.05) is 13.1 Å². The van der Waals surface area contributed by atoms with E-state index in [1.165, 1.54) is 4.31 Å². The molecule has 0 amide bonds. The molecule has 1 heterocycles. The Morgan fingerprint density at radius 1 is 0.969 bits per heavy atom. The lowest BCUT2D eigenvalue weighted by Gasteiger charge is -2.38. The SMILES string of the molecule is O=C(O)CCOc1ccc(C2(O)CCN(S(=O)(=O)c3ccc4ccccc4c3)CC2)cc1. The number of carboxylic acid groups (broad SMARTS) is 1. The summed E-state index contributed by atoms with van der Waals surface area (Å²) in [6.07, 6.45) is 0.464. The predicted molar refractivity (Wildman–Crippen MR) is 120 cm³/mol. The topological polar surface area (TPSA) is 104 Å². The molecule has 8 heteroatoms. The molecular formula is C24H25NO6S. The number of ether oxygens (including phenoxy) is 1. The Labute approximate surface area is 186 Å². The molecule has 3 aromatic carbocycles. The van der Waals surface area contributed by atoms with Crippen LogP contribution in [0.25, 0.3) is 10.8 Å². The molecule has 3 aromatic rings. The first-order valence-corrected chi connectivity index (χ1v) is 11.9. The summed E-state index contributed by atoms with van der Waals surface area (Å²) in [5.74, 6) is -0.406. The smallest absolute Gasteiger partial charge is 0.306 e. The van der Waals surface area contributed by atoms with Crippen molar-refractivity contribution in [1.29, 1.82) is 0 Å². The Morgan fingerprint density at radius 2 is 1.62 bits per heavy atom. The zero-order valence-electron chi connectivity index (χ0n) is 17.5. The second-order valence-electron chi connectivity index (χ2n) is 7.96. The number of rotatable bonds is 7. The van der Waals surface area contributed by atoms with Crippen LogP contribution in [0.3, 0.4) is 0 Å². The van der Waals surface area contributed by atoms with Crippen molar-refractivity contribution in [1.82, 2.24) is 4.31 Å². The van der Waals surface area contributed by atoms with Crippen molar-refractivity contribution < 1.29 is 28.2 Å². The lowest BCUT2D eigenvalue weighted by atomic mass is 9.85. The van der Waals surface area contributed by atoms with E-state index in [9.17, 15) is 18.3 Å². The first-order chi connectivity index (χ1) is 15.3. The van der Waals surface area contributed by atoms with Gasteiger partial charge in [0.25, 0.3) is 0 Å². The lowest BCUT2D eigenvalue weighted by molar-refractivity contribution is -0.137. The average Bonchev–Trinajstić information content (AvgIpc) is 2.79. The van der Waals surface area contributed by atoms with Gasteiger partial charge in [-0.3, -0.25) is 4.79 Å². The second kappa shape index (κ2) is 8.90. The monoisotopic (exact) mass is 455 g/mol. The molecule has 0 aliphatic carbocycles. The van der Waals surface area contributed by atoms with Crippen LogP contribution < -0.4 is 4.74 Å². The highest BCUT2D eigenvalue weighted by Gasteiger charge is 2.38. The predicted octanol–water partition coefficient (Wildman–Crippen LogP) is 3.37. The summed E-state index contributed by atoms with van der Waals surface area (Å²) < 4.78 is 33.1. The number of hydrogen-bond acceptors (Lipinski definition) is 5. The van der Waals surface area contributed by atoms with Crippen LogP contribution in [0.15, 0.2) is 71.6 Å². The van der Waals surface area contributed by atoms with Crippen molar-refractivity contribution in [2.75, 3.05) is 19.7 Å². The van der Waals surface area contributed by atoms with Crippen LogP contribution in [0.5, 0.6) is 5.75 Å². The minimum Gasteiger partial charge on any atom is -0.493 e. The minimum atomic E-state index is -3.66. The highest BCUT2D eigenvalue weighted by molar-refractivity contribution is 7.89. The van der Waals surface area contributed by atoms with Crippen molar-refractivity contribution in [2.24, 2.45) is 0 Å². The molecule has 32 heavy (non-hydrogen) atoms. The molecule has 0 aromatic heterocycles. The molecule has 1 saturated heterocycles. The van der Waals surface area contributed by atoms with Crippen molar-refractivity contribution in [2.45, 2.75) is 29.8 Å². The molecule has 0 saturated carbocycles. The molecule has 7 nitrogen and oxygen atoms in total. The van der Waals surface area contributed by atoms with E-state index in [-0.39, 0.29) is 43.9 Å².